The van der Waals surface area contributed by atoms with Crippen LogP contribution >= 0.6 is 0 Å². The van der Waals surface area contributed by atoms with Gasteiger partial charge in [0.05, 0.1) is 23.5 Å². The van der Waals surface area contributed by atoms with Crippen molar-refractivity contribution in [3.05, 3.63) is 60.0 Å². The molecular weight excluding hydrogens is 447 g/mol. The number of ether oxygens (including phenoxy) is 1. The molecule has 3 aromatic rings. The van der Waals surface area contributed by atoms with Crippen LogP contribution < -0.4 is 4.74 Å². The fourth-order valence-electron chi connectivity index (χ4n) is 3.62. The number of sulfonamides is 1. The minimum atomic E-state index is -4.63. The minimum Gasteiger partial charge on any atom is -0.497 e. The van der Waals surface area contributed by atoms with Crippen molar-refractivity contribution in [1.29, 1.82) is 0 Å². The average Bonchev–Trinajstić information content (AvgIpc) is 3.29. The molecule has 0 amide bonds. The highest BCUT2D eigenvalue weighted by Gasteiger charge is 2.36. The van der Waals surface area contributed by atoms with E-state index in [1.165, 1.54) is 10.4 Å². The lowest BCUT2D eigenvalue weighted by molar-refractivity contribution is -0.137. The molecule has 1 saturated heterocycles. The number of methoxy groups -OCH3 is 1. The van der Waals surface area contributed by atoms with Crippen LogP contribution in [0.15, 0.2) is 57.9 Å². The lowest BCUT2D eigenvalue weighted by atomic mass is 10.00. The molecule has 1 fully saturated rings. The molecule has 0 unspecified atom stereocenters. The number of benzene rings is 2. The van der Waals surface area contributed by atoms with Gasteiger partial charge in [0.2, 0.25) is 21.7 Å². The van der Waals surface area contributed by atoms with Gasteiger partial charge in [0.1, 0.15) is 5.75 Å². The Balaban J connectivity index is 1.56. The lowest BCUT2D eigenvalue weighted by Crippen LogP contribution is -2.39. The number of piperidine rings is 1. The van der Waals surface area contributed by atoms with Crippen molar-refractivity contribution in [2.75, 3.05) is 20.2 Å². The van der Waals surface area contributed by atoms with Crippen molar-refractivity contribution >= 4 is 10.0 Å². The van der Waals surface area contributed by atoms with Gasteiger partial charge in [-0.3, -0.25) is 0 Å². The molecule has 4 rings (SSSR count). The zero-order valence-electron chi connectivity index (χ0n) is 17.0. The van der Waals surface area contributed by atoms with Crippen LogP contribution in [0.25, 0.3) is 11.4 Å². The number of nitrogens with zero attached hydrogens (tertiary/aromatic N) is 3. The molecular formula is C21H20F3N3O4S. The highest BCUT2D eigenvalue weighted by Crippen LogP contribution is 2.34. The third-order valence-electron chi connectivity index (χ3n) is 5.30. The molecule has 32 heavy (non-hydrogen) atoms. The third kappa shape index (κ3) is 4.49. The van der Waals surface area contributed by atoms with E-state index in [4.69, 9.17) is 9.26 Å². The number of alkyl halides is 3. The van der Waals surface area contributed by atoms with Crippen LogP contribution in [0.1, 0.15) is 30.2 Å². The van der Waals surface area contributed by atoms with Crippen LogP contribution in [0.4, 0.5) is 13.2 Å². The molecule has 2 aromatic carbocycles. The normalized spacial score (nSPS) is 17.9. The van der Waals surface area contributed by atoms with Gasteiger partial charge in [-0.05, 0) is 43.2 Å². The maximum Gasteiger partial charge on any atom is 0.416 e. The van der Waals surface area contributed by atoms with Crippen molar-refractivity contribution in [3.63, 3.8) is 0 Å². The molecule has 0 N–H and O–H groups in total. The van der Waals surface area contributed by atoms with Crippen LogP contribution in [-0.4, -0.2) is 43.1 Å². The molecule has 1 aromatic heterocycles. The maximum absolute atomic E-state index is 13.0. The van der Waals surface area contributed by atoms with Gasteiger partial charge < -0.3 is 9.26 Å². The van der Waals surface area contributed by atoms with E-state index in [1.807, 2.05) is 0 Å². The molecule has 0 spiro atoms. The molecule has 0 radical (unpaired) electrons. The van der Waals surface area contributed by atoms with Gasteiger partial charge in [0.25, 0.3) is 0 Å². The van der Waals surface area contributed by atoms with E-state index in [0.29, 0.717) is 36.0 Å². The summed E-state index contributed by atoms with van der Waals surface area (Å²) in [5, 5.41) is 3.99. The summed E-state index contributed by atoms with van der Waals surface area (Å²) in [6.45, 7) is 0.240. The molecule has 0 bridgehead atoms. The van der Waals surface area contributed by atoms with Gasteiger partial charge in [-0.25, -0.2) is 8.42 Å². The van der Waals surface area contributed by atoms with Crippen molar-refractivity contribution < 1.29 is 30.8 Å². The molecule has 7 nitrogen and oxygen atoms in total. The standard InChI is InChI=1S/C21H20F3N3O4S/c1-30-17-8-2-5-14(11-17)19-25-20(31-26-19)15-6-4-10-27(13-15)32(28,29)18-9-3-7-16(12-18)21(22,23)24/h2-3,5,7-9,11-12,15H,4,6,10,13H2,1H3/t15-/m1/s1. The zero-order chi connectivity index (χ0) is 22.9. The molecule has 0 aliphatic carbocycles. The predicted molar refractivity (Wildman–Crippen MR) is 108 cm³/mol. The fourth-order valence-corrected chi connectivity index (χ4v) is 5.19. The van der Waals surface area contributed by atoms with Gasteiger partial charge in [0.15, 0.2) is 0 Å². The first-order valence-electron chi connectivity index (χ1n) is 9.84. The highest BCUT2D eigenvalue weighted by atomic mass is 32.2. The summed E-state index contributed by atoms with van der Waals surface area (Å²) in [5.41, 5.74) is -0.324. The summed E-state index contributed by atoms with van der Waals surface area (Å²) in [5.74, 6) is 0.893. The van der Waals surface area contributed by atoms with Crippen LogP contribution in [0.2, 0.25) is 0 Å². The first kappa shape index (κ1) is 22.3. The predicted octanol–water partition coefficient (Wildman–Crippen LogP) is 4.33. The first-order valence-corrected chi connectivity index (χ1v) is 11.3. The van der Waals surface area contributed by atoms with E-state index in [-0.39, 0.29) is 24.9 Å². The van der Waals surface area contributed by atoms with Gasteiger partial charge in [0, 0.05) is 18.7 Å². The van der Waals surface area contributed by atoms with Crippen molar-refractivity contribution in [1.82, 2.24) is 14.4 Å². The number of halogens is 3. The largest absolute Gasteiger partial charge is 0.497 e. The van der Waals surface area contributed by atoms with Crippen LogP contribution in [0.5, 0.6) is 5.75 Å². The van der Waals surface area contributed by atoms with Crippen molar-refractivity contribution in [3.8, 4) is 17.1 Å². The Hall–Kier alpha value is -2.92. The molecule has 170 valence electrons. The van der Waals surface area contributed by atoms with E-state index in [9.17, 15) is 21.6 Å². The fraction of sp³-hybridized carbons (Fsp3) is 0.333. The van der Waals surface area contributed by atoms with Gasteiger partial charge in [-0.1, -0.05) is 23.4 Å². The Morgan fingerprint density at radius 2 is 1.94 bits per heavy atom. The Labute approximate surface area is 182 Å². The van der Waals surface area contributed by atoms with Gasteiger partial charge in [-0.2, -0.15) is 22.5 Å². The average molecular weight is 467 g/mol. The summed E-state index contributed by atoms with van der Waals surface area (Å²) in [6.07, 6.45) is -3.50. The summed E-state index contributed by atoms with van der Waals surface area (Å²) < 4.78 is 76.9. The molecule has 1 aliphatic heterocycles. The number of hydrogen-bond donors (Lipinski definition) is 0. The molecule has 0 saturated carbocycles. The first-order chi connectivity index (χ1) is 15.2. The monoisotopic (exact) mass is 467 g/mol. The minimum absolute atomic E-state index is 0.0400. The van der Waals surface area contributed by atoms with Crippen LogP contribution in [0, 0.1) is 0 Å². The number of rotatable bonds is 5. The van der Waals surface area contributed by atoms with Crippen LogP contribution in [-0.2, 0) is 16.2 Å². The zero-order valence-corrected chi connectivity index (χ0v) is 17.9. The topological polar surface area (TPSA) is 85.5 Å². The second-order valence-corrected chi connectivity index (χ2v) is 9.35. The lowest BCUT2D eigenvalue weighted by Gasteiger charge is -2.30. The number of hydrogen-bond acceptors (Lipinski definition) is 6. The summed E-state index contributed by atoms with van der Waals surface area (Å²) in [4.78, 5) is 4.02. The Kier molecular flexibility index (Phi) is 5.95. The van der Waals surface area contributed by atoms with E-state index >= 15 is 0 Å². The number of aromatic nitrogens is 2. The summed E-state index contributed by atoms with van der Waals surface area (Å²) >= 11 is 0. The summed E-state index contributed by atoms with van der Waals surface area (Å²) in [7, 11) is -2.57. The van der Waals surface area contributed by atoms with E-state index in [0.717, 1.165) is 12.1 Å². The second kappa shape index (κ2) is 8.55. The molecule has 1 aliphatic rings. The Bertz CT molecular complexity index is 1210. The summed E-state index contributed by atoms with van der Waals surface area (Å²) in [6, 6.07) is 10.9. The maximum atomic E-state index is 13.0. The molecule has 11 heteroatoms. The van der Waals surface area contributed by atoms with Gasteiger partial charge in [-0.15, -0.1) is 0 Å². The van der Waals surface area contributed by atoms with E-state index < -0.39 is 26.7 Å². The van der Waals surface area contributed by atoms with Crippen LogP contribution in [0.3, 0.4) is 0 Å². The second-order valence-electron chi connectivity index (χ2n) is 7.42. The third-order valence-corrected chi connectivity index (χ3v) is 7.16. The SMILES string of the molecule is COc1cccc(-c2noc([C@@H]3CCCN(S(=O)(=O)c4cccc(C(F)(F)F)c4)C3)n2)c1. The molecule has 2 heterocycles. The van der Waals surface area contributed by atoms with Crippen molar-refractivity contribution in [2.45, 2.75) is 29.8 Å². The molecule has 1 atom stereocenters. The smallest absolute Gasteiger partial charge is 0.416 e. The van der Waals surface area contributed by atoms with E-state index in [1.54, 1.807) is 31.4 Å². The van der Waals surface area contributed by atoms with E-state index in [2.05, 4.69) is 10.1 Å². The Morgan fingerprint density at radius 1 is 1.16 bits per heavy atom. The Morgan fingerprint density at radius 3 is 2.69 bits per heavy atom. The highest BCUT2D eigenvalue weighted by molar-refractivity contribution is 7.89. The quantitative estimate of drug-likeness (QED) is 0.555. The van der Waals surface area contributed by atoms with Gasteiger partial charge >= 0.3 is 6.18 Å². The van der Waals surface area contributed by atoms with Crippen molar-refractivity contribution in [2.24, 2.45) is 0 Å².